The maximum atomic E-state index is 11.7. The second-order valence-corrected chi connectivity index (χ2v) is 5.09. The van der Waals surface area contributed by atoms with Gasteiger partial charge in [-0.1, -0.05) is 4.89 Å². The van der Waals surface area contributed by atoms with E-state index in [1.807, 2.05) is 0 Å². The first-order chi connectivity index (χ1) is 8.86. The Bertz CT molecular complexity index is 567. The van der Waals surface area contributed by atoms with Crippen LogP contribution in [0.4, 0.5) is 0 Å². The number of carbonyl (C=O) groups is 2. The molecule has 1 rings (SSSR count). The molecule has 0 bridgehead atoms. The lowest BCUT2D eigenvalue weighted by molar-refractivity contribution is -0.123. The molecule has 0 aliphatic rings. The average Bonchev–Trinajstić information content (AvgIpc) is 2.37. The van der Waals surface area contributed by atoms with Crippen LogP contribution in [0.5, 0.6) is 0 Å². The Balaban J connectivity index is 2.79. The molecule has 0 aliphatic heterocycles. The minimum absolute atomic E-state index is 0.107. The third kappa shape index (κ3) is 4.32. The number of carbonyl (C=O) groups excluding carboxylic acids is 2. The fraction of sp³-hybridized carbons (Fsp3) is 0.200. The minimum Gasteiger partial charge on any atom is -0.368 e. The van der Waals surface area contributed by atoms with Crippen LogP contribution in [0.15, 0.2) is 29.2 Å². The molecule has 0 saturated carbocycles. The van der Waals surface area contributed by atoms with Gasteiger partial charge in [0.25, 0.3) is 15.9 Å². The predicted molar refractivity (Wildman–Crippen MR) is 65.3 cm³/mol. The van der Waals surface area contributed by atoms with Crippen molar-refractivity contribution in [2.75, 3.05) is 13.7 Å². The number of amides is 2. The highest BCUT2D eigenvalue weighted by Crippen LogP contribution is 2.10. The van der Waals surface area contributed by atoms with E-state index in [2.05, 4.69) is 10.2 Å². The molecule has 0 radical (unpaired) electrons. The first-order valence-electron chi connectivity index (χ1n) is 5.11. The summed E-state index contributed by atoms with van der Waals surface area (Å²) in [7, 11) is -2.45. The average molecular weight is 287 g/mol. The molecule has 1 aromatic rings. The summed E-state index contributed by atoms with van der Waals surface area (Å²) in [6.45, 7) is -0.574. The summed E-state index contributed by atoms with van der Waals surface area (Å²) in [6.07, 6.45) is 0. The molecule has 8 nitrogen and oxygen atoms in total. The molecule has 0 unspecified atom stereocenters. The highest BCUT2D eigenvalue weighted by Gasteiger charge is 2.15. The molecule has 0 aliphatic carbocycles. The molecule has 1 aromatic carbocycles. The van der Waals surface area contributed by atoms with Crippen LogP contribution in [-0.2, 0) is 19.7 Å². The van der Waals surface area contributed by atoms with Gasteiger partial charge >= 0.3 is 0 Å². The molecule has 9 heteroatoms. The van der Waals surface area contributed by atoms with Gasteiger partial charge in [-0.2, -0.15) is 0 Å². The number of nitrogens with two attached hydrogens (primary N) is 1. The summed E-state index contributed by atoms with van der Waals surface area (Å²) < 4.78 is 23.4. The van der Waals surface area contributed by atoms with E-state index in [9.17, 15) is 18.0 Å². The Morgan fingerprint density at radius 1 is 1.26 bits per heavy atom. The Labute approximate surface area is 109 Å². The van der Waals surface area contributed by atoms with Crippen molar-refractivity contribution in [2.45, 2.75) is 4.90 Å². The number of benzene rings is 1. The van der Waals surface area contributed by atoms with Gasteiger partial charge in [0.05, 0.1) is 4.90 Å². The molecule has 0 atom stereocenters. The maximum absolute atomic E-state index is 11.7. The third-order valence-corrected chi connectivity index (χ3v) is 3.27. The third-order valence-electron chi connectivity index (χ3n) is 2.04. The quantitative estimate of drug-likeness (QED) is 0.563. The highest BCUT2D eigenvalue weighted by atomic mass is 32.2. The van der Waals surface area contributed by atoms with Gasteiger partial charge in [0.2, 0.25) is 5.91 Å². The predicted octanol–water partition coefficient (Wildman–Crippen LogP) is -1.26. The highest BCUT2D eigenvalue weighted by molar-refractivity contribution is 7.89. The van der Waals surface area contributed by atoms with Crippen LogP contribution in [0.2, 0.25) is 0 Å². The van der Waals surface area contributed by atoms with Crippen molar-refractivity contribution >= 4 is 21.8 Å². The number of primary amides is 1. The van der Waals surface area contributed by atoms with E-state index in [-0.39, 0.29) is 10.8 Å². The lowest BCUT2D eigenvalue weighted by Gasteiger charge is -2.06. The topological polar surface area (TPSA) is 128 Å². The summed E-state index contributed by atoms with van der Waals surface area (Å²) in [6, 6.07) is 5.17. The normalized spacial score (nSPS) is 11.0. The van der Waals surface area contributed by atoms with Crippen LogP contribution in [0.3, 0.4) is 0 Å². The van der Waals surface area contributed by atoms with Crippen molar-refractivity contribution in [1.82, 2.24) is 10.2 Å². The summed E-state index contributed by atoms with van der Waals surface area (Å²) >= 11 is 0. The van der Waals surface area contributed by atoms with Crippen molar-refractivity contribution in [3.63, 3.8) is 0 Å². The van der Waals surface area contributed by atoms with Gasteiger partial charge in [-0.25, -0.2) is 8.42 Å². The number of hydrogen-bond donors (Lipinski definition) is 3. The lowest BCUT2D eigenvalue weighted by atomic mass is 10.2. The zero-order valence-corrected chi connectivity index (χ0v) is 10.9. The summed E-state index contributed by atoms with van der Waals surface area (Å²) in [4.78, 5) is 27.7. The van der Waals surface area contributed by atoms with Crippen molar-refractivity contribution < 1.29 is 22.8 Å². The summed E-state index contributed by atoms with van der Waals surface area (Å²) in [5.74, 6) is -1.14. The Kier molecular flexibility index (Phi) is 4.98. The van der Waals surface area contributed by atoms with Crippen LogP contribution in [0.1, 0.15) is 10.4 Å². The molecule has 0 aromatic heterocycles. The molecule has 19 heavy (non-hydrogen) atoms. The second kappa shape index (κ2) is 6.27. The number of sulfonamides is 1. The number of nitrogens with one attached hydrogen (secondary N) is 2. The van der Waals surface area contributed by atoms with Gasteiger partial charge in [-0.15, -0.1) is 0 Å². The molecule has 0 heterocycles. The smallest absolute Gasteiger partial charge is 0.262 e. The second-order valence-electron chi connectivity index (χ2n) is 3.45. The van der Waals surface area contributed by atoms with Crippen LogP contribution in [-0.4, -0.2) is 33.9 Å². The SMILES string of the molecule is CNC(=O)c1ccc(S(=O)(=O)NOCC(N)=O)cc1. The van der Waals surface area contributed by atoms with Gasteiger partial charge in [0.1, 0.15) is 6.61 Å². The van der Waals surface area contributed by atoms with Crippen molar-refractivity contribution in [2.24, 2.45) is 5.73 Å². The zero-order chi connectivity index (χ0) is 14.5. The Hall–Kier alpha value is -1.97. The molecule has 4 N–H and O–H groups in total. The van der Waals surface area contributed by atoms with Gasteiger partial charge in [0, 0.05) is 12.6 Å². The molecule has 0 saturated heterocycles. The zero-order valence-electron chi connectivity index (χ0n) is 10.0. The van der Waals surface area contributed by atoms with Crippen molar-refractivity contribution in [1.29, 1.82) is 0 Å². The first kappa shape index (κ1) is 15.1. The number of hydrogen-bond acceptors (Lipinski definition) is 5. The molecular weight excluding hydrogens is 274 g/mol. The molecule has 0 spiro atoms. The van der Waals surface area contributed by atoms with Crippen LogP contribution in [0.25, 0.3) is 0 Å². The van der Waals surface area contributed by atoms with E-state index in [1.54, 1.807) is 4.89 Å². The van der Waals surface area contributed by atoms with Gasteiger partial charge < -0.3 is 11.1 Å². The van der Waals surface area contributed by atoms with E-state index < -0.39 is 22.5 Å². The monoisotopic (exact) mass is 287 g/mol. The largest absolute Gasteiger partial charge is 0.368 e. The van der Waals surface area contributed by atoms with E-state index >= 15 is 0 Å². The van der Waals surface area contributed by atoms with Gasteiger partial charge in [0.15, 0.2) is 0 Å². The lowest BCUT2D eigenvalue weighted by Crippen LogP contribution is -2.29. The molecular formula is C10H13N3O5S. The van der Waals surface area contributed by atoms with Crippen molar-refractivity contribution in [3.8, 4) is 0 Å². The van der Waals surface area contributed by atoms with E-state index in [0.29, 0.717) is 5.56 Å². The molecule has 104 valence electrons. The van der Waals surface area contributed by atoms with Crippen LogP contribution in [0, 0.1) is 0 Å². The van der Waals surface area contributed by atoms with Crippen molar-refractivity contribution in [3.05, 3.63) is 29.8 Å². The molecule has 0 fully saturated rings. The fourth-order valence-corrected chi connectivity index (χ4v) is 1.96. The maximum Gasteiger partial charge on any atom is 0.262 e. The van der Waals surface area contributed by atoms with E-state index in [4.69, 9.17) is 5.73 Å². The molecule has 2 amide bonds. The summed E-state index contributed by atoms with van der Waals surface area (Å²) in [5.41, 5.74) is 5.10. The standard InChI is InChI=1S/C10H13N3O5S/c1-12-10(15)7-2-4-8(5-3-7)19(16,17)13-18-6-9(11)14/h2-5,13H,6H2,1H3,(H2,11,14)(H,12,15). The van der Waals surface area contributed by atoms with Gasteiger partial charge in [-0.3, -0.25) is 14.4 Å². The summed E-state index contributed by atoms with van der Waals surface area (Å²) in [5, 5.41) is 2.41. The van der Waals surface area contributed by atoms with Crippen LogP contribution < -0.4 is 15.9 Å². The Morgan fingerprint density at radius 2 is 1.84 bits per heavy atom. The van der Waals surface area contributed by atoms with Crippen LogP contribution >= 0.6 is 0 Å². The van der Waals surface area contributed by atoms with E-state index in [0.717, 1.165) is 0 Å². The first-order valence-corrected chi connectivity index (χ1v) is 6.59. The van der Waals surface area contributed by atoms with Gasteiger partial charge in [-0.05, 0) is 24.3 Å². The minimum atomic E-state index is -3.92. The van der Waals surface area contributed by atoms with E-state index in [1.165, 1.54) is 31.3 Å². The Morgan fingerprint density at radius 3 is 2.32 bits per heavy atom. The fourth-order valence-electron chi connectivity index (χ4n) is 1.16. The number of rotatable bonds is 6.